The zero-order valence-electron chi connectivity index (χ0n) is 20.3. The Morgan fingerprint density at radius 2 is 1.57 bits per heavy atom. The standard InChI is InChI=1S/C29H30FN3OS/c1-4-33-27(23-16-12-21(3)13-17-23)26(22-14-10-20(2)11-15-22)32-29(33)35-19-7-18-31-28(34)24-8-5-6-9-25(24)30/h5-6,8-17H,4,7,18-19H2,1-3H3,(H,31,34). The second-order valence-electron chi connectivity index (χ2n) is 8.51. The number of carbonyl (C=O) groups is 1. The average molecular weight is 488 g/mol. The number of aromatic nitrogens is 2. The van der Waals surface area contributed by atoms with Crippen LogP contribution in [0.3, 0.4) is 0 Å². The Morgan fingerprint density at radius 3 is 2.20 bits per heavy atom. The first-order valence-electron chi connectivity index (χ1n) is 11.9. The van der Waals surface area contributed by atoms with Crippen LogP contribution in [0.1, 0.15) is 34.8 Å². The summed E-state index contributed by atoms with van der Waals surface area (Å²) < 4.78 is 16.1. The molecule has 1 N–H and O–H groups in total. The number of carbonyl (C=O) groups excluding carboxylic acids is 1. The zero-order chi connectivity index (χ0) is 24.8. The van der Waals surface area contributed by atoms with Crippen LogP contribution in [0.2, 0.25) is 0 Å². The SMILES string of the molecule is CCn1c(SCCCNC(=O)c2ccccc2F)nc(-c2ccc(C)cc2)c1-c1ccc(C)cc1. The highest BCUT2D eigenvalue weighted by Gasteiger charge is 2.19. The molecule has 3 aromatic carbocycles. The van der Waals surface area contributed by atoms with Crippen molar-refractivity contribution in [2.45, 2.75) is 38.9 Å². The third-order valence-electron chi connectivity index (χ3n) is 5.86. The Kier molecular flexibility index (Phi) is 8.03. The van der Waals surface area contributed by atoms with E-state index in [1.54, 1.807) is 23.9 Å². The number of rotatable bonds is 9. The van der Waals surface area contributed by atoms with Gasteiger partial charge in [0, 0.05) is 30.0 Å². The molecule has 1 amide bonds. The molecule has 0 aliphatic carbocycles. The highest BCUT2D eigenvalue weighted by Crippen LogP contribution is 2.36. The van der Waals surface area contributed by atoms with Crippen LogP contribution in [0, 0.1) is 19.7 Å². The molecule has 0 saturated carbocycles. The fraction of sp³-hybridized carbons (Fsp3) is 0.241. The fourth-order valence-corrected chi connectivity index (χ4v) is 4.93. The molecule has 4 rings (SSSR count). The van der Waals surface area contributed by atoms with Gasteiger partial charge in [0.25, 0.3) is 5.91 Å². The van der Waals surface area contributed by atoms with Crippen LogP contribution in [-0.4, -0.2) is 27.8 Å². The maximum Gasteiger partial charge on any atom is 0.254 e. The third-order valence-corrected chi connectivity index (χ3v) is 6.92. The number of hydrogen-bond donors (Lipinski definition) is 1. The van der Waals surface area contributed by atoms with E-state index >= 15 is 0 Å². The highest BCUT2D eigenvalue weighted by atomic mass is 32.2. The lowest BCUT2D eigenvalue weighted by Crippen LogP contribution is -2.25. The molecular formula is C29H30FN3OS. The van der Waals surface area contributed by atoms with E-state index in [-0.39, 0.29) is 11.5 Å². The van der Waals surface area contributed by atoms with Crippen LogP contribution in [0.5, 0.6) is 0 Å². The number of hydrogen-bond acceptors (Lipinski definition) is 3. The lowest BCUT2D eigenvalue weighted by Gasteiger charge is -2.11. The van der Waals surface area contributed by atoms with Crippen molar-refractivity contribution in [2.24, 2.45) is 0 Å². The average Bonchev–Trinajstić information content (AvgIpc) is 3.23. The van der Waals surface area contributed by atoms with Crippen molar-refractivity contribution >= 4 is 17.7 Å². The number of nitrogens with zero attached hydrogens (tertiary/aromatic N) is 2. The summed E-state index contributed by atoms with van der Waals surface area (Å²) in [6.45, 7) is 7.59. The summed E-state index contributed by atoms with van der Waals surface area (Å²) in [6.07, 6.45) is 0.751. The van der Waals surface area contributed by atoms with Gasteiger partial charge in [0.1, 0.15) is 5.82 Å². The summed E-state index contributed by atoms with van der Waals surface area (Å²) in [5, 5.41) is 3.77. The number of aryl methyl sites for hydroxylation is 2. The molecule has 6 heteroatoms. The van der Waals surface area contributed by atoms with E-state index in [4.69, 9.17) is 4.98 Å². The van der Waals surface area contributed by atoms with E-state index in [1.807, 2.05) is 0 Å². The Morgan fingerprint density at radius 1 is 0.943 bits per heavy atom. The topological polar surface area (TPSA) is 46.9 Å². The normalized spacial score (nSPS) is 11.0. The molecular weight excluding hydrogens is 457 g/mol. The molecule has 0 aliphatic heterocycles. The number of benzene rings is 3. The summed E-state index contributed by atoms with van der Waals surface area (Å²) >= 11 is 1.68. The fourth-order valence-electron chi connectivity index (χ4n) is 3.93. The van der Waals surface area contributed by atoms with Gasteiger partial charge < -0.3 is 9.88 Å². The van der Waals surface area contributed by atoms with Crippen molar-refractivity contribution < 1.29 is 9.18 Å². The van der Waals surface area contributed by atoms with Gasteiger partial charge >= 0.3 is 0 Å². The lowest BCUT2D eigenvalue weighted by atomic mass is 10.0. The van der Waals surface area contributed by atoms with Crippen molar-refractivity contribution in [2.75, 3.05) is 12.3 Å². The molecule has 0 unspecified atom stereocenters. The van der Waals surface area contributed by atoms with Crippen LogP contribution in [0.25, 0.3) is 22.5 Å². The zero-order valence-corrected chi connectivity index (χ0v) is 21.2. The Balaban J connectivity index is 1.51. The molecule has 35 heavy (non-hydrogen) atoms. The van der Waals surface area contributed by atoms with E-state index in [0.29, 0.717) is 6.54 Å². The van der Waals surface area contributed by atoms with Crippen LogP contribution in [0.4, 0.5) is 4.39 Å². The molecule has 0 spiro atoms. The second kappa shape index (κ2) is 11.4. The number of imidazole rings is 1. The number of amides is 1. The monoisotopic (exact) mass is 487 g/mol. The Bertz CT molecular complexity index is 1300. The summed E-state index contributed by atoms with van der Waals surface area (Å²) in [6, 6.07) is 23.1. The number of thioether (sulfide) groups is 1. The molecule has 0 aliphatic rings. The molecule has 180 valence electrons. The molecule has 0 bridgehead atoms. The van der Waals surface area contributed by atoms with Gasteiger partial charge in [-0.1, -0.05) is 83.6 Å². The predicted octanol–water partition coefficient (Wildman–Crippen LogP) is 6.91. The number of nitrogens with one attached hydrogen (secondary N) is 1. The molecule has 1 heterocycles. The quantitative estimate of drug-likeness (QED) is 0.206. The lowest BCUT2D eigenvalue weighted by molar-refractivity contribution is 0.0950. The highest BCUT2D eigenvalue weighted by molar-refractivity contribution is 7.99. The first kappa shape index (κ1) is 24.7. The van der Waals surface area contributed by atoms with Crippen molar-refractivity contribution in [3.63, 3.8) is 0 Å². The van der Waals surface area contributed by atoms with E-state index in [0.717, 1.165) is 46.4 Å². The maximum absolute atomic E-state index is 13.8. The van der Waals surface area contributed by atoms with E-state index in [1.165, 1.54) is 23.3 Å². The van der Waals surface area contributed by atoms with Crippen LogP contribution >= 0.6 is 11.8 Å². The number of halogens is 1. The first-order valence-corrected chi connectivity index (χ1v) is 12.9. The molecule has 0 atom stereocenters. The van der Waals surface area contributed by atoms with E-state index in [2.05, 4.69) is 79.2 Å². The largest absolute Gasteiger partial charge is 0.352 e. The Labute approximate surface area is 210 Å². The predicted molar refractivity (Wildman–Crippen MR) is 142 cm³/mol. The molecule has 4 nitrogen and oxygen atoms in total. The molecule has 1 aromatic heterocycles. The summed E-state index contributed by atoms with van der Waals surface area (Å²) in [5.74, 6) is -0.0991. The van der Waals surface area contributed by atoms with Crippen molar-refractivity contribution in [3.8, 4) is 22.5 Å². The summed E-state index contributed by atoms with van der Waals surface area (Å²) in [7, 11) is 0. The van der Waals surface area contributed by atoms with Crippen molar-refractivity contribution in [1.29, 1.82) is 0 Å². The van der Waals surface area contributed by atoms with E-state index in [9.17, 15) is 9.18 Å². The summed E-state index contributed by atoms with van der Waals surface area (Å²) in [5.41, 5.74) is 6.85. The first-order chi connectivity index (χ1) is 17.0. The summed E-state index contributed by atoms with van der Waals surface area (Å²) in [4.78, 5) is 17.3. The van der Waals surface area contributed by atoms with Crippen molar-refractivity contribution in [1.82, 2.24) is 14.9 Å². The van der Waals surface area contributed by atoms with Gasteiger partial charge in [-0.25, -0.2) is 9.37 Å². The minimum Gasteiger partial charge on any atom is -0.352 e. The maximum atomic E-state index is 13.8. The minimum atomic E-state index is -0.503. The Hall–Kier alpha value is -3.38. The van der Waals surface area contributed by atoms with Gasteiger partial charge in [-0.3, -0.25) is 4.79 Å². The van der Waals surface area contributed by atoms with E-state index < -0.39 is 5.82 Å². The van der Waals surface area contributed by atoms with Gasteiger partial charge in [0.05, 0.1) is 17.0 Å². The third kappa shape index (κ3) is 5.82. The smallest absolute Gasteiger partial charge is 0.254 e. The van der Waals surface area contributed by atoms with Crippen molar-refractivity contribution in [3.05, 3.63) is 95.3 Å². The van der Waals surface area contributed by atoms with Crippen LogP contribution < -0.4 is 5.32 Å². The molecule has 4 aromatic rings. The molecule has 0 fully saturated rings. The second-order valence-corrected chi connectivity index (χ2v) is 9.57. The van der Waals surface area contributed by atoms with Gasteiger partial charge in [0.15, 0.2) is 5.16 Å². The minimum absolute atomic E-state index is 0.0761. The van der Waals surface area contributed by atoms with Crippen LogP contribution in [0.15, 0.2) is 78.0 Å². The van der Waals surface area contributed by atoms with Gasteiger partial charge in [-0.15, -0.1) is 0 Å². The van der Waals surface area contributed by atoms with Gasteiger partial charge in [-0.05, 0) is 39.3 Å². The van der Waals surface area contributed by atoms with Gasteiger partial charge in [-0.2, -0.15) is 0 Å². The van der Waals surface area contributed by atoms with Gasteiger partial charge in [0.2, 0.25) is 0 Å². The molecule has 0 radical (unpaired) electrons. The molecule has 0 saturated heterocycles. The van der Waals surface area contributed by atoms with Crippen LogP contribution in [-0.2, 0) is 6.54 Å².